The van der Waals surface area contributed by atoms with Crippen LogP contribution in [0.25, 0.3) is 0 Å². The van der Waals surface area contributed by atoms with E-state index >= 15 is 0 Å². The van der Waals surface area contributed by atoms with E-state index in [0.29, 0.717) is 12.3 Å². The van der Waals surface area contributed by atoms with Crippen LogP contribution in [0.4, 0.5) is 4.39 Å². The first-order chi connectivity index (χ1) is 11.2. The standard InChI is InChI=1S/C21H25FO2/c1-11-7-14-15(21(4)12(2)8-13(23)9-16(11)21)5-6-20(3)17(14)10-18(22)19(20)24/h8-9,14-15,17-18H,1,5-7,10H2,2-4H3/t14-,15+,17+,18?,20+,21-/m1/s1. The summed E-state index contributed by atoms with van der Waals surface area (Å²) >= 11 is 0. The van der Waals surface area contributed by atoms with Crippen LogP contribution in [0.1, 0.15) is 46.5 Å². The van der Waals surface area contributed by atoms with Crippen molar-refractivity contribution < 1.29 is 14.0 Å². The van der Waals surface area contributed by atoms with Crippen LogP contribution in [0.5, 0.6) is 0 Å². The van der Waals surface area contributed by atoms with Gasteiger partial charge in [-0.15, -0.1) is 0 Å². The Balaban J connectivity index is 1.81. The molecule has 128 valence electrons. The molecule has 2 nitrogen and oxygen atoms in total. The van der Waals surface area contributed by atoms with Crippen molar-refractivity contribution in [3.63, 3.8) is 0 Å². The summed E-state index contributed by atoms with van der Waals surface area (Å²) in [4.78, 5) is 24.4. The fourth-order valence-electron chi connectivity index (χ4n) is 6.30. The highest BCUT2D eigenvalue weighted by Gasteiger charge is 2.62. The van der Waals surface area contributed by atoms with Crippen LogP contribution in [0.3, 0.4) is 0 Å². The number of alkyl halides is 1. The molecule has 3 heteroatoms. The quantitative estimate of drug-likeness (QED) is 0.662. The Kier molecular flexibility index (Phi) is 3.18. The van der Waals surface area contributed by atoms with E-state index in [1.54, 1.807) is 12.2 Å². The molecule has 0 heterocycles. The zero-order chi connectivity index (χ0) is 17.4. The third-order valence-electron chi connectivity index (χ3n) is 7.76. The average Bonchev–Trinajstić information content (AvgIpc) is 2.74. The Labute approximate surface area is 142 Å². The lowest BCUT2D eigenvalue weighted by atomic mass is 9.46. The number of carbonyl (C=O) groups is 2. The Bertz CT molecular complexity index is 730. The molecule has 1 unspecified atom stereocenters. The summed E-state index contributed by atoms with van der Waals surface area (Å²) in [6.07, 6.45) is 5.00. The van der Waals surface area contributed by atoms with Crippen molar-refractivity contribution >= 4 is 11.6 Å². The van der Waals surface area contributed by atoms with Crippen LogP contribution >= 0.6 is 0 Å². The van der Waals surface area contributed by atoms with Crippen molar-refractivity contribution in [2.24, 2.45) is 28.6 Å². The topological polar surface area (TPSA) is 34.1 Å². The summed E-state index contributed by atoms with van der Waals surface area (Å²) in [6, 6.07) is 0. The monoisotopic (exact) mass is 328 g/mol. The fraction of sp³-hybridized carbons (Fsp3) is 0.619. The molecule has 4 rings (SSSR count). The number of halogens is 1. The van der Waals surface area contributed by atoms with Crippen LogP contribution in [0.2, 0.25) is 0 Å². The van der Waals surface area contributed by atoms with E-state index in [1.807, 2.05) is 13.8 Å². The van der Waals surface area contributed by atoms with E-state index in [0.717, 1.165) is 36.0 Å². The zero-order valence-corrected chi connectivity index (χ0v) is 14.7. The summed E-state index contributed by atoms with van der Waals surface area (Å²) in [5.41, 5.74) is 2.44. The van der Waals surface area contributed by atoms with Gasteiger partial charge in [-0.05, 0) is 68.1 Å². The van der Waals surface area contributed by atoms with Crippen LogP contribution in [-0.4, -0.2) is 17.7 Å². The molecular weight excluding hydrogens is 303 g/mol. The predicted octanol–water partition coefficient (Wildman–Crippen LogP) is 4.37. The maximum Gasteiger partial charge on any atom is 0.178 e. The van der Waals surface area contributed by atoms with Crippen LogP contribution in [0, 0.1) is 28.6 Å². The lowest BCUT2D eigenvalue weighted by molar-refractivity contribution is -0.134. The molecule has 0 aliphatic heterocycles. The largest absolute Gasteiger partial charge is 0.296 e. The van der Waals surface area contributed by atoms with Gasteiger partial charge in [-0.1, -0.05) is 31.6 Å². The van der Waals surface area contributed by atoms with Crippen molar-refractivity contribution in [2.45, 2.75) is 52.6 Å². The Morgan fingerprint density at radius 2 is 1.92 bits per heavy atom. The minimum absolute atomic E-state index is 0.0417. The zero-order valence-electron chi connectivity index (χ0n) is 14.7. The molecule has 0 bridgehead atoms. The molecule has 6 atom stereocenters. The Hall–Kier alpha value is -1.51. The highest BCUT2D eigenvalue weighted by Crippen LogP contribution is 2.65. The fourth-order valence-corrected chi connectivity index (χ4v) is 6.30. The number of hydrogen-bond acceptors (Lipinski definition) is 2. The van der Waals surface area contributed by atoms with Gasteiger partial charge in [-0.3, -0.25) is 9.59 Å². The molecule has 24 heavy (non-hydrogen) atoms. The second kappa shape index (κ2) is 4.77. The third kappa shape index (κ3) is 1.76. The number of Topliss-reactive ketones (excluding diaryl/α,β-unsaturated/α-hetero) is 1. The molecule has 4 aliphatic rings. The maximum atomic E-state index is 14.2. The van der Waals surface area contributed by atoms with E-state index in [9.17, 15) is 14.0 Å². The minimum Gasteiger partial charge on any atom is -0.296 e. The van der Waals surface area contributed by atoms with Gasteiger partial charge < -0.3 is 0 Å². The molecule has 0 N–H and O–H groups in total. The molecule has 0 aromatic heterocycles. The highest BCUT2D eigenvalue weighted by atomic mass is 19.1. The number of carbonyl (C=O) groups excluding carboxylic acids is 2. The van der Waals surface area contributed by atoms with Gasteiger partial charge in [0.1, 0.15) is 0 Å². The van der Waals surface area contributed by atoms with Gasteiger partial charge in [0, 0.05) is 10.8 Å². The van der Waals surface area contributed by atoms with Gasteiger partial charge >= 0.3 is 0 Å². The minimum atomic E-state index is -1.30. The number of ketones is 2. The molecule has 0 saturated heterocycles. The van der Waals surface area contributed by atoms with Gasteiger partial charge in [0.2, 0.25) is 0 Å². The molecule has 0 spiro atoms. The van der Waals surface area contributed by atoms with Gasteiger partial charge in [-0.25, -0.2) is 4.39 Å². The highest BCUT2D eigenvalue weighted by molar-refractivity contribution is 6.02. The molecule has 0 radical (unpaired) electrons. The normalized spacial score (nSPS) is 47.6. The molecule has 0 aromatic rings. The summed E-state index contributed by atoms with van der Waals surface area (Å²) in [7, 11) is 0. The van der Waals surface area contributed by atoms with Gasteiger partial charge in [-0.2, -0.15) is 0 Å². The first-order valence-corrected chi connectivity index (χ1v) is 9.01. The third-order valence-corrected chi connectivity index (χ3v) is 7.76. The van der Waals surface area contributed by atoms with Crippen LogP contribution in [-0.2, 0) is 9.59 Å². The SMILES string of the molecule is C=C1C[C@@H]2[C@H](CC[C@]3(C)C(=O)C(F)C[C@@H]23)[C@@]2(C)C(C)=CC(=O)C=C12. The van der Waals surface area contributed by atoms with Crippen molar-refractivity contribution in [2.75, 3.05) is 0 Å². The van der Waals surface area contributed by atoms with Gasteiger partial charge in [0.15, 0.2) is 17.7 Å². The van der Waals surface area contributed by atoms with E-state index in [1.165, 1.54) is 0 Å². The summed E-state index contributed by atoms with van der Waals surface area (Å²) in [6.45, 7) is 10.5. The van der Waals surface area contributed by atoms with Crippen molar-refractivity contribution in [1.82, 2.24) is 0 Å². The summed E-state index contributed by atoms with van der Waals surface area (Å²) in [5, 5.41) is 0. The van der Waals surface area contributed by atoms with Crippen molar-refractivity contribution in [3.05, 3.63) is 35.5 Å². The molecule has 4 aliphatic carbocycles. The van der Waals surface area contributed by atoms with E-state index in [2.05, 4.69) is 13.5 Å². The predicted molar refractivity (Wildman–Crippen MR) is 91.0 cm³/mol. The molecular formula is C21H25FO2. The molecule has 3 fully saturated rings. The first kappa shape index (κ1) is 16.0. The number of fused-ring (bicyclic) bond motifs is 5. The molecule has 0 amide bonds. The molecule has 0 aromatic carbocycles. The van der Waals surface area contributed by atoms with Crippen molar-refractivity contribution in [3.8, 4) is 0 Å². The summed E-state index contributed by atoms with van der Waals surface area (Å²) < 4.78 is 14.2. The lowest BCUT2D eigenvalue weighted by Gasteiger charge is -2.57. The van der Waals surface area contributed by atoms with Crippen molar-refractivity contribution in [1.29, 1.82) is 0 Å². The van der Waals surface area contributed by atoms with E-state index in [4.69, 9.17) is 0 Å². The smallest absolute Gasteiger partial charge is 0.178 e. The van der Waals surface area contributed by atoms with Gasteiger partial charge in [0.05, 0.1) is 0 Å². The van der Waals surface area contributed by atoms with Crippen LogP contribution in [0.15, 0.2) is 35.5 Å². The van der Waals surface area contributed by atoms with E-state index in [-0.39, 0.29) is 28.8 Å². The second-order valence-electron chi connectivity index (χ2n) is 8.70. The summed E-state index contributed by atoms with van der Waals surface area (Å²) in [5.74, 6) is 0.586. The van der Waals surface area contributed by atoms with Gasteiger partial charge in [0.25, 0.3) is 0 Å². The Morgan fingerprint density at radius 3 is 2.62 bits per heavy atom. The lowest BCUT2D eigenvalue weighted by Crippen LogP contribution is -2.51. The second-order valence-corrected chi connectivity index (χ2v) is 8.70. The van der Waals surface area contributed by atoms with E-state index < -0.39 is 11.6 Å². The Morgan fingerprint density at radius 1 is 1.21 bits per heavy atom. The first-order valence-electron chi connectivity index (χ1n) is 9.01. The maximum absolute atomic E-state index is 14.2. The van der Waals surface area contributed by atoms with Crippen LogP contribution < -0.4 is 0 Å². The number of allylic oxidation sites excluding steroid dienone is 5. The average molecular weight is 328 g/mol. The number of rotatable bonds is 0. The molecule has 3 saturated carbocycles. The number of hydrogen-bond donors (Lipinski definition) is 0.